The van der Waals surface area contributed by atoms with Gasteiger partial charge in [0.2, 0.25) is 0 Å². The molecule has 1 fully saturated rings. The van der Waals surface area contributed by atoms with Gasteiger partial charge in [0.25, 0.3) is 0 Å². The van der Waals surface area contributed by atoms with Gasteiger partial charge in [-0.15, -0.1) is 0 Å². The van der Waals surface area contributed by atoms with Crippen molar-refractivity contribution in [2.75, 3.05) is 26.2 Å². The van der Waals surface area contributed by atoms with E-state index >= 15 is 0 Å². The molecule has 0 aromatic rings. The van der Waals surface area contributed by atoms with Gasteiger partial charge < -0.3 is 65.3 Å². The quantitative estimate of drug-likeness (QED) is 0.0956. The van der Waals surface area contributed by atoms with Gasteiger partial charge in [-0.1, -0.05) is 26.7 Å². The van der Waals surface area contributed by atoms with Crippen LogP contribution in [0.15, 0.2) is 0 Å². The largest absolute Gasteiger partial charge is 0.480 e. The maximum Gasteiger partial charge on any atom is 0.320 e. The second kappa shape index (κ2) is 30.0. The molecule has 17 heteroatoms. The normalized spacial score (nSPS) is 15.5. The highest BCUT2D eigenvalue weighted by molar-refractivity contribution is 5.74. The Labute approximate surface area is 241 Å². The van der Waals surface area contributed by atoms with Crippen LogP contribution in [-0.4, -0.2) is 106 Å². The van der Waals surface area contributed by atoms with Gasteiger partial charge in [-0.3, -0.25) is 24.0 Å². The van der Waals surface area contributed by atoms with E-state index in [1.54, 1.807) is 13.8 Å². The van der Waals surface area contributed by atoms with Crippen LogP contribution in [0.5, 0.6) is 0 Å². The van der Waals surface area contributed by atoms with E-state index in [9.17, 15) is 24.0 Å². The molecule has 0 aliphatic carbocycles. The maximum atomic E-state index is 10.1. The molecule has 244 valence electrons. The third-order valence-corrected chi connectivity index (χ3v) is 5.11. The van der Waals surface area contributed by atoms with Crippen molar-refractivity contribution in [2.24, 2.45) is 40.3 Å². The van der Waals surface area contributed by atoms with Gasteiger partial charge >= 0.3 is 29.8 Å². The average Bonchev–Trinajstić information content (AvgIpc) is 3.45. The second-order valence-electron chi connectivity index (χ2n) is 9.15. The first-order valence-corrected chi connectivity index (χ1v) is 13.2. The van der Waals surface area contributed by atoms with Crippen LogP contribution in [-0.2, 0) is 24.0 Å². The van der Waals surface area contributed by atoms with Crippen LogP contribution in [0.1, 0.15) is 65.2 Å². The highest BCUT2D eigenvalue weighted by Crippen LogP contribution is 2.03. The number of nitrogens with two attached hydrogens (primary N) is 6. The number of rotatable bonds is 14. The number of hydrogen-bond acceptors (Lipinski definition) is 12. The highest BCUT2D eigenvalue weighted by Gasteiger charge is 2.20. The highest BCUT2D eigenvalue weighted by atomic mass is 16.4. The molecule has 0 amide bonds. The molecule has 1 heterocycles. The number of carboxylic acid groups (broad SMARTS) is 5. The van der Waals surface area contributed by atoms with Crippen molar-refractivity contribution in [2.45, 2.75) is 89.4 Å². The van der Waals surface area contributed by atoms with Gasteiger partial charge in [0.15, 0.2) is 0 Å². The Bertz CT molecular complexity index is 670. The van der Waals surface area contributed by atoms with Crippen molar-refractivity contribution in [1.82, 2.24) is 5.32 Å². The summed E-state index contributed by atoms with van der Waals surface area (Å²) >= 11 is 0. The van der Waals surface area contributed by atoms with Crippen LogP contribution in [0, 0.1) is 5.92 Å². The number of unbranched alkanes of at least 4 members (excludes halogenated alkanes) is 2. The zero-order valence-electron chi connectivity index (χ0n) is 24.1. The minimum atomic E-state index is -0.968. The Hall–Kier alpha value is -2.93. The summed E-state index contributed by atoms with van der Waals surface area (Å²) in [7, 11) is 0. The number of hydrogen-bond donors (Lipinski definition) is 12. The van der Waals surface area contributed by atoms with Crippen LogP contribution >= 0.6 is 0 Å². The SMILES string of the molecule is CC(C)[C@H](N)C(=O)O.NCC(=O)O.NCCCC[C@H](N)C(=O)O.NCCCC[C@H](N)C(=O)O.O=C(O)[C@@H]1CCCN1. The maximum absolute atomic E-state index is 10.1. The molecule has 18 N–H and O–H groups in total. The summed E-state index contributed by atoms with van der Waals surface area (Å²) < 4.78 is 0. The summed E-state index contributed by atoms with van der Waals surface area (Å²) in [6.07, 6.45) is 6.11. The number of nitrogens with one attached hydrogen (secondary N) is 1. The van der Waals surface area contributed by atoms with Gasteiger partial charge in [0.1, 0.15) is 24.2 Å². The van der Waals surface area contributed by atoms with Gasteiger partial charge in [0.05, 0.1) is 6.54 Å². The summed E-state index contributed by atoms with van der Waals surface area (Å²) in [5, 5.41) is 43.7. The molecule has 1 rings (SSSR count). The van der Waals surface area contributed by atoms with E-state index in [1.807, 2.05) is 0 Å². The average molecular weight is 600 g/mol. The van der Waals surface area contributed by atoms with Crippen molar-refractivity contribution in [3.05, 3.63) is 0 Å². The molecule has 1 aliphatic rings. The molecule has 1 saturated heterocycles. The Morgan fingerprint density at radius 1 is 0.732 bits per heavy atom. The molecular weight excluding hydrogens is 546 g/mol. The Kier molecular flexibility index (Phi) is 33.0. The lowest BCUT2D eigenvalue weighted by atomic mass is 10.1. The lowest BCUT2D eigenvalue weighted by Gasteiger charge is -2.07. The predicted octanol–water partition coefficient (Wildman–Crippen LogP) is -2.04. The van der Waals surface area contributed by atoms with Crippen LogP contribution in [0.2, 0.25) is 0 Å². The topological polar surface area (TPSA) is 355 Å². The first-order chi connectivity index (χ1) is 19.0. The number of aliphatic carboxylic acids is 5. The predicted molar refractivity (Wildman–Crippen MR) is 153 cm³/mol. The van der Waals surface area contributed by atoms with E-state index in [4.69, 9.17) is 54.2 Å². The first-order valence-electron chi connectivity index (χ1n) is 13.2. The second-order valence-corrected chi connectivity index (χ2v) is 9.15. The van der Waals surface area contributed by atoms with E-state index in [-0.39, 0.29) is 18.5 Å². The number of carbonyl (C=O) groups is 5. The molecule has 4 atom stereocenters. The molecule has 17 nitrogen and oxygen atoms in total. The van der Waals surface area contributed by atoms with Crippen molar-refractivity contribution < 1.29 is 49.5 Å². The standard InChI is InChI=1S/2C6H14N2O2.C5H9NO2.C5H11NO2.C2H5NO2/c2*7-4-2-1-3-5(8)6(9)10;7-5(8)4-2-1-3-6-4;1-3(2)4(6)5(7)8;3-1-2(4)5/h2*5H,1-4,7-8H2,(H,9,10);4,6H,1-3H2,(H,7,8);3-4H,6H2,1-2H3,(H,7,8);1,3H2,(H,4,5)/t2*5-;2*4-;/m0000./s1. The minimum Gasteiger partial charge on any atom is -0.480 e. The van der Waals surface area contributed by atoms with Crippen LogP contribution in [0.25, 0.3) is 0 Å². The fourth-order valence-corrected chi connectivity index (χ4v) is 2.44. The lowest BCUT2D eigenvalue weighted by molar-refractivity contribution is -0.140. The molecule has 0 bridgehead atoms. The van der Waals surface area contributed by atoms with Crippen molar-refractivity contribution in [1.29, 1.82) is 0 Å². The monoisotopic (exact) mass is 599 g/mol. The molecule has 0 radical (unpaired) electrons. The zero-order valence-corrected chi connectivity index (χ0v) is 24.1. The van der Waals surface area contributed by atoms with Gasteiger partial charge in [0, 0.05) is 0 Å². The minimum absolute atomic E-state index is 0.0208. The Balaban J connectivity index is -0.000000212. The molecule has 0 spiro atoms. The van der Waals surface area contributed by atoms with E-state index in [0.29, 0.717) is 25.9 Å². The lowest BCUT2D eigenvalue weighted by Crippen LogP contribution is -2.34. The summed E-state index contributed by atoms with van der Waals surface area (Å²) in [6, 6.07) is -2.41. The van der Waals surface area contributed by atoms with Crippen LogP contribution in [0.3, 0.4) is 0 Å². The Morgan fingerprint density at radius 3 is 1.27 bits per heavy atom. The summed E-state index contributed by atoms with van der Waals surface area (Å²) in [5.41, 5.74) is 30.6. The van der Waals surface area contributed by atoms with Gasteiger partial charge in [-0.05, 0) is 64.1 Å². The van der Waals surface area contributed by atoms with E-state index < -0.39 is 48.0 Å². The van der Waals surface area contributed by atoms with Crippen LogP contribution < -0.4 is 39.7 Å². The third kappa shape index (κ3) is 35.0. The summed E-state index contributed by atoms with van der Waals surface area (Å²) in [5.74, 6) is -4.46. The van der Waals surface area contributed by atoms with E-state index in [2.05, 4.69) is 11.1 Å². The molecule has 0 unspecified atom stereocenters. The van der Waals surface area contributed by atoms with Crippen molar-refractivity contribution in [3.8, 4) is 0 Å². The molecule has 0 aromatic heterocycles. The van der Waals surface area contributed by atoms with E-state index in [0.717, 1.165) is 45.1 Å². The van der Waals surface area contributed by atoms with E-state index in [1.165, 1.54) is 0 Å². The Morgan fingerprint density at radius 2 is 1.12 bits per heavy atom. The van der Waals surface area contributed by atoms with Gasteiger partial charge in [-0.25, -0.2) is 0 Å². The third-order valence-electron chi connectivity index (χ3n) is 5.11. The molecule has 0 aromatic carbocycles. The first kappa shape index (κ1) is 45.1. The fourth-order valence-electron chi connectivity index (χ4n) is 2.44. The molecule has 1 aliphatic heterocycles. The van der Waals surface area contributed by atoms with Crippen molar-refractivity contribution >= 4 is 29.8 Å². The van der Waals surface area contributed by atoms with Crippen molar-refractivity contribution in [3.63, 3.8) is 0 Å². The summed E-state index contributed by atoms with van der Waals surface area (Å²) in [4.78, 5) is 49.7. The smallest absolute Gasteiger partial charge is 0.320 e. The fraction of sp³-hybridized carbons (Fsp3) is 0.792. The van der Waals surface area contributed by atoms with Crippen LogP contribution in [0.4, 0.5) is 0 Å². The molecule has 41 heavy (non-hydrogen) atoms. The number of carboxylic acids is 5. The zero-order chi connectivity index (χ0) is 33.0. The molecular formula is C24H53N7O10. The van der Waals surface area contributed by atoms with Gasteiger partial charge in [-0.2, -0.15) is 0 Å². The molecule has 0 saturated carbocycles. The summed E-state index contributed by atoms with van der Waals surface area (Å²) in [6.45, 7) is 5.34.